The molecule has 150 valence electrons. The van der Waals surface area contributed by atoms with Crippen LogP contribution in [0.15, 0.2) is 0 Å². The van der Waals surface area contributed by atoms with Crippen molar-refractivity contribution >= 4 is 5.97 Å². The van der Waals surface area contributed by atoms with Crippen LogP contribution in [0, 0.1) is 11.8 Å². The van der Waals surface area contributed by atoms with E-state index in [1.165, 1.54) is 77.0 Å². The van der Waals surface area contributed by atoms with Gasteiger partial charge < -0.3 is 4.74 Å². The van der Waals surface area contributed by atoms with Crippen molar-refractivity contribution in [2.75, 3.05) is 6.61 Å². The van der Waals surface area contributed by atoms with Crippen molar-refractivity contribution in [3.05, 3.63) is 0 Å². The minimum atomic E-state index is 0.00834. The molecule has 0 aliphatic heterocycles. The van der Waals surface area contributed by atoms with Gasteiger partial charge in [0, 0.05) is 6.42 Å². The molecular formula is C23H46O2. The Labute approximate surface area is 158 Å². The van der Waals surface area contributed by atoms with Gasteiger partial charge in [-0.15, -0.1) is 0 Å². The van der Waals surface area contributed by atoms with Gasteiger partial charge >= 0.3 is 5.97 Å². The quantitative estimate of drug-likeness (QED) is 0.186. The molecule has 0 amide bonds. The average molecular weight is 355 g/mol. The molecule has 0 spiro atoms. The van der Waals surface area contributed by atoms with E-state index in [1.807, 2.05) is 0 Å². The zero-order valence-corrected chi connectivity index (χ0v) is 17.8. The van der Waals surface area contributed by atoms with E-state index in [1.54, 1.807) is 0 Å². The van der Waals surface area contributed by atoms with Crippen LogP contribution in [0.2, 0.25) is 0 Å². The van der Waals surface area contributed by atoms with E-state index in [2.05, 4.69) is 27.7 Å². The summed E-state index contributed by atoms with van der Waals surface area (Å²) in [5.74, 6) is 1.65. The number of rotatable bonds is 18. The van der Waals surface area contributed by atoms with Gasteiger partial charge in [-0.3, -0.25) is 4.79 Å². The smallest absolute Gasteiger partial charge is 0.305 e. The first-order valence-electron chi connectivity index (χ1n) is 11.2. The Morgan fingerprint density at radius 1 is 0.600 bits per heavy atom. The second kappa shape index (κ2) is 18.3. The van der Waals surface area contributed by atoms with Crippen molar-refractivity contribution in [2.24, 2.45) is 11.8 Å². The molecule has 0 radical (unpaired) electrons. The first-order chi connectivity index (χ1) is 12.0. The van der Waals surface area contributed by atoms with Gasteiger partial charge in [-0.05, 0) is 24.7 Å². The van der Waals surface area contributed by atoms with Crippen molar-refractivity contribution in [2.45, 2.75) is 124 Å². The molecule has 0 aliphatic carbocycles. The number of hydrogen-bond acceptors (Lipinski definition) is 2. The van der Waals surface area contributed by atoms with Gasteiger partial charge in [0.05, 0.1) is 6.61 Å². The molecular weight excluding hydrogens is 308 g/mol. The fourth-order valence-electron chi connectivity index (χ4n) is 3.15. The number of hydrogen-bond donors (Lipinski definition) is 0. The summed E-state index contributed by atoms with van der Waals surface area (Å²) in [5.41, 5.74) is 0. The summed E-state index contributed by atoms with van der Waals surface area (Å²) >= 11 is 0. The lowest BCUT2D eigenvalue weighted by atomic mass is 10.0. The zero-order valence-electron chi connectivity index (χ0n) is 17.8. The molecule has 0 N–H and O–H groups in total. The Morgan fingerprint density at radius 2 is 1.00 bits per heavy atom. The van der Waals surface area contributed by atoms with Gasteiger partial charge in [0.1, 0.15) is 0 Å². The molecule has 0 fully saturated rings. The van der Waals surface area contributed by atoms with Gasteiger partial charge in [-0.1, -0.05) is 105 Å². The topological polar surface area (TPSA) is 26.3 Å². The minimum absolute atomic E-state index is 0.00834. The Hall–Kier alpha value is -0.530. The normalized spacial score (nSPS) is 11.4. The summed E-state index contributed by atoms with van der Waals surface area (Å²) < 4.78 is 5.31. The predicted octanol–water partition coefficient (Wildman–Crippen LogP) is 7.69. The Kier molecular flexibility index (Phi) is 17.9. The van der Waals surface area contributed by atoms with Crippen molar-refractivity contribution in [3.8, 4) is 0 Å². The maximum absolute atomic E-state index is 11.6. The van der Waals surface area contributed by atoms with E-state index in [9.17, 15) is 4.79 Å². The lowest BCUT2D eigenvalue weighted by molar-refractivity contribution is -0.143. The number of carbonyl (C=O) groups is 1. The summed E-state index contributed by atoms with van der Waals surface area (Å²) in [5, 5.41) is 0. The van der Waals surface area contributed by atoms with Crippen LogP contribution in [-0.2, 0) is 9.53 Å². The van der Waals surface area contributed by atoms with Gasteiger partial charge in [0.15, 0.2) is 0 Å². The predicted molar refractivity (Wildman–Crippen MR) is 110 cm³/mol. The summed E-state index contributed by atoms with van der Waals surface area (Å²) in [6, 6.07) is 0. The van der Waals surface area contributed by atoms with Gasteiger partial charge in [0.2, 0.25) is 0 Å². The molecule has 0 aromatic rings. The maximum atomic E-state index is 11.6. The van der Waals surface area contributed by atoms with E-state index < -0.39 is 0 Å². The van der Waals surface area contributed by atoms with Crippen LogP contribution in [-0.4, -0.2) is 12.6 Å². The van der Waals surface area contributed by atoms with Crippen LogP contribution in [0.4, 0.5) is 0 Å². The average Bonchev–Trinajstić information content (AvgIpc) is 2.55. The van der Waals surface area contributed by atoms with Crippen LogP contribution in [0.25, 0.3) is 0 Å². The monoisotopic (exact) mass is 354 g/mol. The summed E-state index contributed by atoms with van der Waals surface area (Å²) in [7, 11) is 0. The largest absolute Gasteiger partial charge is 0.466 e. The van der Waals surface area contributed by atoms with Crippen LogP contribution < -0.4 is 0 Å². The molecule has 0 heterocycles. The Balaban J connectivity index is 3.17. The molecule has 0 aromatic carbocycles. The van der Waals surface area contributed by atoms with Crippen LogP contribution >= 0.6 is 0 Å². The first kappa shape index (κ1) is 24.5. The van der Waals surface area contributed by atoms with Crippen LogP contribution in [0.1, 0.15) is 124 Å². The van der Waals surface area contributed by atoms with Crippen molar-refractivity contribution < 1.29 is 9.53 Å². The van der Waals surface area contributed by atoms with E-state index in [0.717, 1.165) is 24.7 Å². The number of ether oxygens (including phenoxy) is 1. The summed E-state index contributed by atoms with van der Waals surface area (Å²) in [6.45, 7) is 9.75. The third-order valence-corrected chi connectivity index (χ3v) is 4.85. The second-order valence-electron chi connectivity index (χ2n) is 8.58. The van der Waals surface area contributed by atoms with E-state index in [4.69, 9.17) is 4.74 Å². The van der Waals surface area contributed by atoms with Crippen LogP contribution in [0.3, 0.4) is 0 Å². The molecule has 25 heavy (non-hydrogen) atoms. The standard InChI is InChI=1S/C23H46O2/c1-21(2)17-13-10-8-6-5-7-9-11-15-19-23(24)25-20-16-12-14-18-22(3)4/h21-22H,5-20H2,1-4H3. The molecule has 2 heteroatoms. The molecule has 0 atom stereocenters. The third kappa shape index (κ3) is 21.4. The Bertz CT molecular complexity index is 284. The molecule has 0 saturated heterocycles. The molecule has 0 bridgehead atoms. The first-order valence-corrected chi connectivity index (χ1v) is 11.2. The second-order valence-corrected chi connectivity index (χ2v) is 8.58. The van der Waals surface area contributed by atoms with Crippen molar-refractivity contribution in [1.82, 2.24) is 0 Å². The lowest BCUT2D eigenvalue weighted by Gasteiger charge is -2.06. The van der Waals surface area contributed by atoms with Gasteiger partial charge in [0.25, 0.3) is 0 Å². The Morgan fingerprint density at radius 3 is 1.48 bits per heavy atom. The highest BCUT2D eigenvalue weighted by Crippen LogP contribution is 2.13. The van der Waals surface area contributed by atoms with Crippen LogP contribution in [0.5, 0.6) is 0 Å². The molecule has 0 saturated carbocycles. The van der Waals surface area contributed by atoms with Gasteiger partial charge in [-0.25, -0.2) is 0 Å². The highest BCUT2D eigenvalue weighted by atomic mass is 16.5. The zero-order chi connectivity index (χ0) is 18.8. The number of carbonyl (C=O) groups excluding carboxylic acids is 1. The highest BCUT2D eigenvalue weighted by Gasteiger charge is 2.03. The fraction of sp³-hybridized carbons (Fsp3) is 0.957. The molecule has 0 aliphatic rings. The SMILES string of the molecule is CC(C)CCCCCCCCCCCC(=O)OCCCCCC(C)C. The lowest BCUT2D eigenvalue weighted by Crippen LogP contribution is -2.05. The molecule has 0 unspecified atom stereocenters. The summed E-state index contributed by atoms with van der Waals surface area (Å²) in [4.78, 5) is 11.6. The molecule has 0 rings (SSSR count). The molecule has 0 aromatic heterocycles. The maximum Gasteiger partial charge on any atom is 0.305 e. The minimum Gasteiger partial charge on any atom is -0.466 e. The van der Waals surface area contributed by atoms with E-state index in [-0.39, 0.29) is 5.97 Å². The van der Waals surface area contributed by atoms with E-state index in [0.29, 0.717) is 13.0 Å². The molecule has 2 nitrogen and oxygen atoms in total. The van der Waals surface area contributed by atoms with Crippen molar-refractivity contribution in [3.63, 3.8) is 0 Å². The summed E-state index contributed by atoms with van der Waals surface area (Å²) in [6.07, 6.45) is 18.5. The highest BCUT2D eigenvalue weighted by molar-refractivity contribution is 5.69. The van der Waals surface area contributed by atoms with Crippen molar-refractivity contribution in [1.29, 1.82) is 0 Å². The number of esters is 1. The number of unbranched alkanes of at least 4 members (excludes halogenated alkanes) is 10. The van der Waals surface area contributed by atoms with Gasteiger partial charge in [-0.2, -0.15) is 0 Å². The van der Waals surface area contributed by atoms with E-state index >= 15 is 0 Å². The fourth-order valence-corrected chi connectivity index (χ4v) is 3.15. The third-order valence-electron chi connectivity index (χ3n) is 4.85.